The number of benzene rings is 1. The fourth-order valence-corrected chi connectivity index (χ4v) is 2.01. The maximum Gasteiger partial charge on any atom is 0.331 e. The molecule has 4 heteroatoms. The van der Waals surface area contributed by atoms with Crippen molar-refractivity contribution in [1.29, 1.82) is 0 Å². The Hall–Kier alpha value is -2.23. The van der Waals surface area contributed by atoms with Gasteiger partial charge >= 0.3 is 5.97 Å². The topological polar surface area (TPSA) is 48.7 Å². The molecule has 0 aliphatic heterocycles. The Kier molecular flexibility index (Phi) is 4.68. The number of rotatable bonds is 5. The minimum atomic E-state index is -0.367. The number of allylic oxidation sites excluding steroid dienone is 1. The number of carbonyl (C=O) groups is 1. The summed E-state index contributed by atoms with van der Waals surface area (Å²) in [6.45, 7) is 7.88. The average molecular weight is 288 g/mol. The van der Waals surface area contributed by atoms with Crippen LogP contribution in [-0.2, 0) is 9.53 Å². The molecule has 4 nitrogen and oxygen atoms in total. The Morgan fingerprint density at radius 2 is 2.14 bits per heavy atom. The van der Waals surface area contributed by atoms with Crippen molar-refractivity contribution in [3.8, 4) is 5.75 Å². The summed E-state index contributed by atoms with van der Waals surface area (Å²) in [4.78, 5) is 11.5. The van der Waals surface area contributed by atoms with Crippen LogP contribution in [0.3, 0.4) is 0 Å². The van der Waals surface area contributed by atoms with Crippen LogP contribution in [0.5, 0.6) is 5.75 Å². The lowest BCUT2D eigenvalue weighted by Gasteiger charge is -2.09. The van der Waals surface area contributed by atoms with E-state index in [2.05, 4.69) is 0 Å². The minimum absolute atomic E-state index is 0.0697. The van der Waals surface area contributed by atoms with Crippen LogP contribution in [0.15, 0.2) is 34.8 Å². The number of furan rings is 1. The van der Waals surface area contributed by atoms with Crippen molar-refractivity contribution in [3.63, 3.8) is 0 Å². The lowest BCUT2D eigenvalue weighted by Crippen LogP contribution is -2.05. The molecule has 2 aromatic rings. The van der Waals surface area contributed by atoms with Crippen LogP contribution in [0, 0.1) is 0 Å². The van der Waals surface area contributed by atoms with E-state index in [4.69, 9.17) is 13.9 Å². The van der Waals surface area contributed by atoms with Gasteiger partial charge in [0, 0.05) is 11.5 Å². The predicted octanol–water partition coefficient (Wildman–Crippen LogP) is 4.19. The molecule has 0 aliphatic rings. The molecule has 0 amide bonds. The van der Waals surface area contributed by atoms with E-state index in [0.717, 1.165) is 11.0 Å². The summed E-state index contributed by atoms with van der Waals surface area (Å²) in [7, 11) is 0. The molecule has 0 saturated heterocycles. The number of ether oxygens (including phenoxy) is 2. The van der Waals surface area contributed by atoms with Gasteiger partial charge in [-0.25, -0.2) is 4.79 Å². The Balaban J connectivity index is 2.36. The molecule has 0 radical (unpaired) electrons. The second kappa shape index (κ2) is 6.48. The van der Waals surface area contributed by atoms with E-state index < -0.39 is 0 Å². The fourth-order valence-electron chi connectivity index (χ4n) is 2.01. The third-order valence-corrected chi connectivity index (χ3v) is 2.88. The highest BCUT2D eigenvalue weighted by molar-refractivity contribution is 5.92. The summed E-state index contributed by atoms with van der Waals surface area (Å²) in [6.07, 6.45) is 1.50. The van der Waals surface area contributed by atoms with Crippen molar-refractivity contribution in [2.75, 3.05) is 6.61 Å². The monoisotopic (exact) mass is 288 g/mol. The Morgan fingerprint density at radius 3 is 2.81 bits per heavy atom. The molecule has 1 aromatic carbocycles. The van der Waals surface area contributed by atoms with E-state index in [-0.39, 0.29) is 12.1 Å². The predicted molar refractivity (Wildman–Crippen MR) is 82.3 cm³/mol. The normalized spacial score (nSPS) is 12.0. The number of fused-ring (bicyclic) bond motifs is 1. The zero-order valence-electron chi connectivity index (χ0n) is 12.8. The summed E-state index contributed by atoms with van der Waals surface area (Å²) in [5.41, 5.74) is 1.41. The molecular weight excluding hydrogens is 268 g/mol. The molecule has 0 atom stereocenters. The second-order valence-electron chi connectivity index (χ2n) is 5.03. The van der Waals surface area contributed by atoms with Gasteiger partial charge in [-0.15, -0.1) is 0 Å². The van der Waals surface area contributed by atoms with Gasteiger partial charge in [-0.05, 0) is 45.4 Å². The first-order valence-corrected chi connectivity index (χ1v) is 7.06. The van der Waals surface area contributed by atoms with Gasteiger partial charge in [0.25, 0.3) is 0 Å². The number of hydrogen-bond donors (Lipinski definition) is 0. The lowest BCUT2D eigenvalue weighted by atomic mass is 10.2. The Bertz CT molecular complexity index is 664. The standard InChI is InChI=1S/C17H20O4/c1-5-19-16(18)9-12(4)15-10-13-7-6-8-14(17(13)21-15)20-11(2)3/h6-11H,5H2,1-4H3/b12-9+. The van der Waals surface area contributed by atoms with E-state index in [9.17, 15) is 4.79 Å². The second-order valence-corrected chi connectivity index (χ2v) is 5.03. The summed E-state index contributed by atoms with van der Waals surface area (Å²) < 4.78 is 16.5. The van der Waals surface area contributed by atoms with Crippen molar-refractivity contribution in [2.45, 2.75) is 33.8 Å². The maximum atomic E-state index is 11.5. The van der Waals surface area contributed by atoms with Gasteiger partial charge in [0.2, 0.25) is 0 Å². The van der Waals surface area contributed by atoms with Gasteiger partial charge in [-0.1, -0.05) is 12.1 Å². The Labute approximate surface area is 124 Å². The summed E-state index contributed by atoms with van der Waals surface area (Å²) >= 11 is 0. The van der Waals surface area contributed by atoms with Gasteiger partial charge in [-0.2, -0.15) is 0 Å². The van der Waals surface area contributed by atoms with Gasteiger partial charge in [0.05, 0.1) is 12.7 Å². The summed E-state index contributed by atoms with van der Waals surface area (Å²) in [5, 5.41) is 0.944. The number of carbonyl (C=O) groups excluding carboxylic acids is 1. The first-order valence-electron chi connectivity index (χ1n) is 7.06. The van der Waals surface area contributed by atoms with Gasteiger partial charge in [-0.3, -0.25) is 0 Å². The van der Waals surface area contributed by atoms with Crippen molar-refractivity contribution in [1.82, 2.24) is 0 Å². The van der Waals surface area contributed by atoms with Crippen LogP contribution in [0.1, 0.15) is 33.5 Å². The number of hydrogen-bond acceptors (Lipinski definition) is 4. The molecular formula is C17H20O4. The molecule has 0 aliphatic carbocycles. The average Bonchev–Trinajstić information content (AvgIpc) is 2.83. The van der Waals surface area contributed by atoms with Gasteiger partial charge < -0.3 is 13.9 Å². The quantitative estimate of drug-likeness (QED) is 0.611. The molecule has 112 valence electrons. The molecule has 2 rings (SSSR count). The molecule has 0 spiro atoms. The van der Waals surface area contributed by atoms with Gasteiger partial charge in [0.1, 0.15) is 5.76 Å². The van der Waals surface area contributed by atoms with E-state index in [1.807, 2.05) is 45.0 Å². The van der Waals surface area contributed by atoms with E-state index in [1.54, 1.807) is 6.92 Å². The smallest absolute Gasteiger partial charge is 0.331 e. The van der Waals surface area contributed by atoms with E-state index >= 15 is 0 Å². The van der Waals surface area contributed by atoms with Crippen molar-refractivity contribution in [2.24, 2.45) is 0 Å². The molecule has 21 heavy (non-hydrogen) atoms. The first-order chi connectivity index (χ1) is 10.0. The van der Waals surface area contributed by atoms with Crippen molar-refractivity contribution >= 4 is 22.5 Å². The summed E-state index contributed by atoms with van der Waals surface area (Å²) in [6, 6.07) is 7.64. The molecule has 1 heterocycles. The maximum absolute atomic E-state index is 11.5. The van der Waals surface area contributed by atoms with Crippen molar-refractivity contribution < 1.29 is 18.7 Å². The molecule has 1 aromatic heterocycles. The Morgan fingerprint density at radius 1 is 1.38 bits per heavy atom. The van der Waals surface area contributed by atoms with E-state index in [0.29, 0.717) is 23.7 Å². The SMILES string of the molecule is CCOC(=O)/C=C(\C)c1cc2cccc(OC(C)C)c2o1. The van der Waals surface area contributed by atoms with Crippen LogP contribution >= 0.6 is 0 Å². The third kappa shape index (κ3) is 3.66. The molecule has 0 unspecified atom stereocenters. The largest absolute Gasteiger partial charge is 0.487 e. The van der Waals surface area contributed by atoms with Crippen LogP contribution in [0.2, 0.25) is 0 Å². The van der Waals surface area contributed by atoms with Crippen molar-refractivity contribution in [3.05, 3.63) is 36.1 Å². The first kappa shape index (κ1) is 15.2. The van der Waals surface area contributed by atoms with E-state index in [1.165, 1.54) is 6.08 Å². The molecule has 0 fully saturated rings. The third-order valence-electron chi connectivity index (χ3n) is 2.88. The number of para-hydroxylation sites is 1. The zero-order valence-corrected chi connectivity index (χ0v) is 12.8. The molecule has 0 bridgehead atoms. The fraction of sp³-hybridized carbons (Fsp3) is 0.353. The highest BCUT2D eigenvalue weighted by atomic mass is 16.5. The summed E-state index contributed by atoms with van der Waals surface area (Å²) in [5.74, 6) is 0.977. The molecule has 0 N–H and O–H groups in total. The van der Waals surface area contributed by atoms with Crippen LogP contribution in [0.4, 0.5) is 0 Å². The highest BCUT2D eigenvalue weighted by Gasteiger charge is 2.12. The van der Waals surface area contributed by atoms with Crippen LogP contribution in [-0.4, -0.2) is 18.7 Å². The number of esters is 1. The minimum Gasteiger partial charge on any atom is -0.487 e. The van der Waals surface area contributed by atoms with Crippen LogP contribution in [0.25, 0.3) is 16.5 Å². The highest BCUT2D eigenvalue weighted by Crippen LogP contribution is 2.31. The lowest BCUT2D eigenvalue weighted by molar-refractivity contribution is -0.137. The van der Waals surface area contributed by atoms with Gasteiger partial charge in [0.15, 0.2) is 11.3 Å². The van der Waals surface area contributed by atoms with Crippen LogP contribution < -0.4 is 4.74 Å². The zero-order chi connectivity index (χ0) is 15.4. The molecule has 0 saturated carbocycles.